The number of alkyl halides is 3. The monoisotopic (exact) mass is 320 g/mol. The normalized spacial score (nSPS) is 13.6. The minimum absolute atomic E-state index is 0.148. The van der Waals surface area contributed by atoms with Crippen LogP contribution < -0.4 is 11.1 Å². The number of anilines is 1. The number of amides is 1. The quantitative estimate of drug-likeness (QED) is 0.799. The molecule has 0 spiro atoms. The number of hydrogen-bond acceptors (Lipinski definition) is 4. The van der Waals surface area contributed by atoms with Crippen molar-refractivity contribution in [1.29, 1.82) is 0 Å². The Balaban J connectivity index is 3.14. The van der Waals surface area contributed by atoms with Crippen LogP contribution in [0.1, 0.15) is 37.9 Å². The van der Waals surface area contributed by atoms with E-state index in [1.54, 1.807) is 20.8 Å². The third-order valence-corrected chi connectivity index (χ3v) is 2.61. The molecule has 124 valence electrons. The lowest BCUT2D eigenvalue weighted by molar-refractivity contribution is -0.137. The fourth-order valence-corrected chi connectivity index (χ4v) is 1.68. The summed E-state index contributed by atoms with van der Waals surface area (Å²) >= 11 is 0. The van der Waals surface area contributed by atoms with Crippen LogP contribution in [0.4, 0.5) is 23.7 Å². The van der Waals surface area contributed by atoms with E-state index in [4.69, 9.17) is 15.6 Å². The number of hydrogen-bond donors (Lipinski definition) is 3. The average Bonchev–Trinajstić information content (AvgIpc) is 2.34. The van der Waals surface area contributed by atoms with Gasteiger partial charge in [-0.3, -0.25) is 5.32 Å². The molecule has 0 unspecified atom stereocenters. The van der Waals surface area contributed by atoms with Gasteiger partial charge in [-0.15, -0.1) is 0 Å². The molecule has 1 aromatic carbocycles. The molecule has 1 atom stereocenters. The molecule has 22 heavy (non-hydrogen) atoms. The standard InChI is InChI=1S/C14H19F3N2O3/c1-13(2,3)22-12(21)19-11-6-8(14(15,16)17)4-5-9(11)10(18)7-20/h4-6,10,20H,7,18H2,1-3H3,(H,19,21)/t10-/m0/s1. The number of halogens is 3. The van der Waals surface area contributed by atoms with Gasteiger partial charge in [-0.25, -0.2) is 4.79 Å². The largest absolute Gasteiger partial charge is 0.444 e. The van der Waals surface area contributed by atoms with Crippen LogP contribution in [0.15, 0.2) is 18.2 Å². The highest BCUT2D eigenvalue weighted by Crippen LogP contribution is 2.33. The molecule has 5 nitrogen and oxygen atoms in total. The van der Waals surface area contributed by atoms with Gasteiger partial charge in [-0.2, -0.15) is 13.2 Å². The van der Waals surface area contributed by atoms with Crippen molar-refractivity contribution in [3.63, 3.8) is 0 Å². The zero-order valence-electron chi connectivity index (χ0n) is 12.5. The Bertz CT molecular complexity index is 539. The highest BCUT2D eigenvalue weighted by molar-refractivity contribution is 5.86. The van der Waals surface area contributed by atoms with Crippen molar-refractivity contribution >= 4 is 11.8 Å². The van der Waals surface area contributed by atoms with E-state index in [-0.39, 0.29) is 11.3 Å². The first-order valence-corrected chi connectivity index (χ1v) is 6.51. The van der Waals surface area contributed by atoms with E-state index in [1.165, 1.54) is 0 Å². The summed E-state index contributed by atoms with van der Waals surface area (Å²) in [5.74, 6) is 0. The molecule has 4 N–H and O–H groups in total. The van der Waals surface area contributed by atoms with Crippen molar-refractivity contribution in [2.45, 2.75) is 38.6 Å². The summed E-state index contributed by atoms with van der Waals surface area (Å²) < 4.78 is 43.3. The van der Waals surface area contributed by atoms with Gasteiger partial charge in [-0.05, 0) is 38.5 Å². The summed E-state index contributed by atoms with van der Waals surface area (Å²) in [5.41, 5.74) is 3.93. The summed E-state index contributed by atoms with van der Waals surface area (Å²) in [6.07, 6.45) is -5.47. The first-order valence-electron chi connectivity index (χ1n) is 6.51. The van der Waals surface area contributed by atoms with Gasteiger partial charge in [0.1, 0.15) is 5.60 Å². The molecule has 0 radical (unpaired) electrons. The minimum atomic E-state index is -4.56. The molecule has 0 saturated heterocycles. The SMILES string of the molecule is CC(C)(C)OC(=O)Nc1cc(C(F)(F)F)ccc1[C@@H](N)CO. The van der Waals surface area contributed by atoms with Gasteiger partial charge >= 0.3 is 12.3 Å². The number of nitrogens with two attached hydrogens (primary N) is 1. The van der Waals surface area contributed by atoms with Gasteiger partial charge in [0.05, 0.1) is 18.2 Å². The predicted octanol–water partition coefficient (Wildman–Crippen LogP) is 3.04. The van der Waals surface area contributed by atoms with Crippen LogP contribution in [0, 0.1) is 0 Å². The van der Waals surface area contributed by atoms with Gasteiger partial charge in [0.25, 0.3) is 0 Å². The second kappa shape index (κ2) is 6.53. The van der Waals surface area contributed by atoms with Crippen molar-refractivity contribution in [1.82, 2.24) is 0 Å². The fourth-order valence-electron chi connectivity index (χ4n) is 1.68. The second-order valence-electron chi connectivity index (χ2n) is 5.72. The van der Waals surface area contributed by atoms with Gasteiger partial charge < -0.3 is 15.6 Å². The van der Waals surface area contributed by atoms with Crippen LogP contribution in [0.2, 0.25) is 0 Å². The maximum Gasteiger partial charge on any atom is 0.416 e. The lowest BCUT2D eigenvalue weighted by atomic mass is 10.0. The Morgan fingerprint density at radius 1 is 1.36 bits per heavy atom. The zero-order chi connectivity index (χ0) is 17.1. The molecule has 8 heteroatoms. The zero-order valence-corrected chi connectivity index (χ0v) is 12.5. The lowest BCUT2D eigenvalue weighted by Gasteiger charge is -2.22. The van der Waals surface area contributed by atoms with Crippen LogP contribution in [0.25, 0.3) is 0 Å². The highest BCUT2D eigenvalue weighted by Gasteiger charge is 2.32. The molecule has 1 rings (SSSR count). The lowest BCUT2D eigenvalue weighted by Crippen LogP contribution is -2.28. The third kappa shape index (κ3) is 5.19. The van der Waals surface area contributed by atoms with Crippen molar-refractivity contribution < 1.29 is 27.8 Å². The molecule has 0 aromatic heterocycles. The molecule has 1 amide bonds. The number of aliphatic hydroxyl groups is 1. The fraction of sp³-hybridized carbons (Fsp3) is 0.500. The summed E-state index contributed by atoms with van der Waals surface area (Å²) in [6, 6.07) is 1.79. The number of carbonyl (C=O) groups excluding carboxylic acids is 1. The maximum atomic E-state index is 12.8. The van der Waals surface area contributed by atoms with E-state index in [0.717, 1.165) is 18.2 Å². The Labute approximate surface area is 126 Å². The molecular weight excluding hydrogens is 301 g/mol. The van der Waals surface area contributed by atoms with Crippen LogP contribution in [0.3, 0.4) is 0 Å². The summed E-state index contributed by atoms with van der Waals surface area (Å²) in [4.78, 5) is 11.7. The number of rotatable bonds is 3. The van der Waals surface area contributed by atoms with Crippen molar-refractivity contribution in [3.8, 4) is 0 Å². The minimum Gasteiger partial charge on any atom is -0.444 e. The third-order valence-electron chi connectivity index (χ3n) is 2.61. The van der Waals surface area contributed by atoms with Gasteiger partial charge in [0, 0.05) is 5.69 Å². The predicted molar refractivity (Wildman–Crippen MR) is 75.3 cm³/mol. The molecule has 0 heterocycles. The van der Waals surface area contributed by atoms with Gasteiger partial charge in [0.2, 0.25) is 0 Å². The van der Waals surface area contributed by atoms with E-state index in [0.29, 0.717) is 0 Å². The number of aliphatic hydroxyl groups excluding tert-OH is 1. The van der Waals surface area contributed by atoms with E-state index < -0.39 is 36.1 Å². The van der Waals surface area contributed by atoms with Crippen LogP contribution in [-0.2, 0) is 10.9 Å². The Morgan fingerprint density at radius 2 is 1.95 bits per heavy atom. The highest BCUT2D eigenvalue weighted by atomic mass is 19.4. The van der Waals surface area contributed by atoms with Crippen molar-refractivity contribution in [2.24, 2.45) is 5.73 Å². The second-order valence-corrected chi connectivity index (χ2v) is 5.72. The number of carbonyl (C=O) groups is 1. The molecule has 0 aliphatic carbocycles. The average molecular weight is 320 g/mol. The molecule has 0 saturated carbocycles. The first kappa shape index (κ1) is 18.2. The summed E-state index contributed by atoms with van der Waals surface area (Å²) in [7, 11) is 0. The smallest absolute Gasteiger partial charge is 0.416 e. The van der Waals surface area contributed by atoms with Crippen LogP contribution in [-0.4, -0.2) is 23.4 Å². The van der Waals surface area contributed by atoms with Crippen molar-refractivity contribution in [2.75, 3.05) is 11.9 Å². The van der Waals surface area contributed by atoms with E-state index in [1.807, 2.05) is 0 Å². The molecular formula is C14H19F3N2O3. The Hall–Kier alpha value is -1.80. The Kier molecular flexibility index (Phi) is 5.42. The maximum absolute atomic E-state index is 12.8. The molecule has 1 aromatic rings. The van der Waals surface area contributed by atoms with Gasteiger partial charge in [0.15, 0.2) is 0 Å². The van der Waals surface area contributed by atoms with Gasteiger partial charge in [-0.1, -0.05) is 6.07 Å². The summed E-state index contributed by atoms with van der Waals surface area (Å²) in [6.45, 7) is 4.39. The van der Waals surface area contributed by atoms with Crippen molar-refractivity contribution in [3.05, 3.63) is 29.3 Å². The molecule has 0 bridgehead atoms. The molecule has 0 aliphatic heterocycles. The van der Waals surface area contributed by atoms with E-state index in [9.17, 15) is 18.0 Å². The topological polar surface area (TPSA) is 84.6 Å². The summed E-state index contributed by atoms with van der Waals surface area (Å²) in [5, 5.41) is 11.3. The van der Waals surface area contributed by atoms with Crippen LogP contribution >= 0.6 is 0 Å². The van der Waals surface area contributed by atoms with E-state index in [2.05, 4.69) is 5.32 Å². The number of nitrogens with one attached hydrogen (secondary N) is 1. The molecule has 0 fully saturated rings. The molecule has 0 aliphatic rings. The van der Waals surface area contributed by atoms with Crippen LogP contribution in [0.5, 0.6) is 0 Å². The first-order chi connectivity index (χ1) is 9.94. The number of benzene rings is 1. The Morgan fingerprint density at radius 3 is 2.41 bits per heavy atom. The van der Waals surface area contributed by atoms with E-state index >= 15 is 0 Å². The number of ether oxygens (including phenoxy) is 1.